The van der Waals surface area contributed by atoms with Gasteiger partial charge in [0.1, 0.15) is 10.5 Å². The van der Waals surface area contributed by atoms with Gasteiger partial charge in [-0.25, -0.2) is 4.98 Å². The Morgan fingerprint density at radius 1 is 1.25 bits per heavy atom. The highest BCUT2D eigenvalue weighted by atomic mass is 32.1. The van der Waals surface area contributed by atoms with Crippen LogP contribution in [0.4, 0.5) is 0 Å². The zero-order valence-electron chi connectivity index (χ0n) is 9.75. The first-order chi connectivity index (χ1) is 7.75. The second kappa shape index (κ2) is 3.95. The van der Waals surface area contributed by atoms with Crippen LogP contribution in [0.5, 0.6) is 0 Å². The SMILES string of the molecule is CC1CC1c1nc(=S)c2c([nH]1)CCCCC2. The molecule has 0 radical (unpaired) electrons. The van der Waals surface area contributed by atoms with Crippen molar-refractivity contribution in [2.45, 2.75) is 51.4 Å². The van der Waals surface area contributed by atoms with E-state index in [2.05, 4.69) is 16.9 Å². The first-order valence-corrected chi connectivity index (χ1v) is 6.78. The van der Waals surface area contributed by atoms with Crippen LogP contribution in [0.3, 0.4) is 0 Å². The highest BCUT2D eigenvalue weighted by molar-refractivity contribution is 7.71. The number of hydrogen-bond donors (Lipinski definition) is 1. The molecule has 0 aromatic carbocycles. The van der Waals surface area contributed by atoms with Gasteiger partial charge in [0, 0.05) is 17.2 Å². The van der Waals surface area contributed by atoms with Gasteiger partial charge in [-0.05, 0) is 38.0 Å². The minimum atomic E-state index is 0.648. The van der Waals surface area contributed by atoms with Crippen LogP contribution >= 0.6 is 12.2 Å². The number of nitrogens with zero attached hydrogens (tertiary/aromatic N) is 1. The molecule has 3 heteroatoms. The van der Waals surface area contributed by atoms with Gasteiger partial charge < -0.3 is 4.98 Å². The van der Waals surface area contributed by atoms with Crippen LogP contribution in [-0.4, -0.2) is 9.97 Å². The number of rotatable bonds is 1. The Morgan fingerprint density at radius 3 is 2.75 bits per heavy atom. The number of aromatic amines is 1. The fourth-order valence-electron chi connectivity index (χ4n) is 2.69. The number of hydrogen-bond acceptors (Lipinski definition) is 2. The van der Waals surface area contributed by atoms with Crippen molar-refractivity contribution in [1.82, 2.24) is 9.97 Å². The summed E-state index contributed by atoms with van der Waals surface area (Å²) in [5, 5.41) is 0. The van der Waals surface area contributed by atoms with Gasteiger partial charge in [-0.3, -0.25) is 0 Å². The molecule has 86 valence electrons. The molecule has 2 nitrogen and oxygen atoms in total. The molecular weight excluding hydrogens is 216 g/mol. The third kappa shape index (κ3) is 1.81. The molecule has 0 spiro atoms. The monoisotopic (exact) mass is 234 g/mol. The van der Waals surface area contributed by atoms with Gasteiger partial charge in [0.05, 0.1) is 0 Å². The van der Waals surface area contributed by atoms with Crippen molar-refractivity contribution in [1.29, 1.82) is 0 Å². The molecule has 1 saturated carbocycles. The zero-order chi connectivity index (χ0) is 11.1. The van der Waals surface area contributed by atoms with E-state index in [1.807, 2.05) is 0 Å². The minimum Gasteiger partial charge on any atom is -0.347 e. The van der Waals surface area contributed by atoms with Crippen LogP contribution in [0, 0.1) is 10.6 Å². The van der Waals surface area contributed by atoms with Crippen molar-refractivity contribution in [3.8, 4) is 0 Å². The number of nitrogens with one attached hydrogen (secondary N) is 1. The Balaban J connectivity index is 2.02. The van der Waals surface area contributed by atoms with Gasteiger partial charge in [0.15, 0.2) is 0 Å². The quantitative estimate of drug-likeness (QED) is 0.595. The molecule has 2 unspecified atom stereocenters. The summed E-state index contributed by atoms with van der Waals surface area (Å²) in [5.74, 6) is 2.59. The van der Waals surface area contributed by atoms with Crippen LogP contribution in [0.2, 0.25) is 0 Å². The molecular formula is C13H18N2S. The van der Waals surface area contributed by atoms with E-state index >= 15 is 0 Å². The van der Waals surface area contributed by atoms with Crippen LogP contribution < -0.4 is 0 Å². The van der Waals surface area contributed by atoms with Crippen LogP contribution in [0.25, 0.3) is 0 Å². The minimum absolute atomic E-state index is 0.648. The number of H-pyrrole nitrogens is 1. The molecule has 1 N–H and O–H groups in total. The lowest BCUT2D eigenvalue weighted by Crippen LogP contribution is -2.04. The summed E-state index contributed by atoms with van der Waals surface area (Å²) in [7, 11) is 0. The molecule has 2 aliphatic carbocycles. The van der Waals surface area contributed by atoms with E-state index < -0.39 is 0 Å². The van der Waals surface area contributed by atoms with Gasteiger partial charge in [0.2, 0.25) is 0 Å². The summed E-state index contributed by atoms with van der Waals surface area (Å²) < 4.78 is 0.866. The molecule has 1 heterocycles. The molecule has 16 heavy (non-hydrogen) atoms. The lowest BCUT2D eigenvalue weighted by Gasteiger charge is -2.08. The summed E-state index contributed by atoms with van der Waals surface area (Å²) in [5.41, 5.74) is 2.70. The molecule has 1 aromatic heterocycles. The Kier molecular flexibility index (Phi) is 2.58. The molecule has 0 saturated heterocycles. The van der Waals surface area contributed by atoms with E-state index in [-0.39, 0.29) is 0 Å². The summed E-state index contributed by atoms with van der Waals surface area (Å²) in [6, 6.07) is 0. The van der Waals surface area contributed by atoms with Gasteiger partial charge >= 0.3 is 0 Å². The Labute approximate surface area is 102 Å². The van der Waals surface area contributed by atoms with Gasteiger partial charge in [0.25, 0.3) is 0 Å². The molecule has 0 amide bonds. The number of aryl methyl sites for hydroxylation is 1. The molecule has 3 rings (SSSR count). The van der Waals surface area contributed by atoms with E-state index in [1.54, 1.807) is 0 Å². The van der Waals surface area contributed by atoms with Gasteiger partial charge in [-0.15, -0.1) is 0 Å². The zero-order valence-corrected chi connectivity index (χ0v) is 10.6. The Bertz CT molecular complexity index is 463. The fraction of sp³-hybridized carbons (Fsp3) is 0.692. The maximum Gasteiger partial charge on any atom is 0.133 e. The third-order valence-corrected chi connectivity index (χ3v) is 4.28. The smallest absolute Gasteiger partial charge is 0.133 e. The average molecular weight is 234 g/mol. The van der Waals surface area contributed by atoms with Crippen molar-refractivity contribution in [3.63, 3.8) is 0 Å². The molecule has 1 aromatic rings. The maximum absolute atomic E-state index is 5.44. The Hall–Kier alpha value is -0.700. The number of aromatic nitrogens is 2. The van der Waals surface area contributed by atoms with E-state index in [0.29, 0.717) is 5.92 Å². The standard InChI is InChI=1S/C13H18N2S/c1-8-7-10(8)12-14-11-6-4-2-3-5-9(11)13(16)15-12/h8,10H,2-7H2,1H3,(H,14,15,16). The van der Waals surface area contributed by atoms with Crippen molar-refractivity contribution in [2.75, 3.05) is 0 Å². The molecule has 2 aliphatic rings. The maximum atomic E-state index is 5.44. The molecule has 1 fully saturated rings. The normalized spacial score (nSPS) is 28.3. The molecule has 2 atom stereocenters. The van der Waals surface area contributed by atoms with E-state index in [1.165, 1.54) is 36.9 Å². The Morgan fingerprint density at radius 2 is 2.00 bits per heavy atom. The van der Waals surface area contributed by atoms with Crippen molar-refractivity contribution in [3.05, 3.63) is 21.7 Å². The van der Waals surface area contributed by atoms with Crippen molar-refractivity contribution >= 4 is 12.2 Å². The predicted octanol–water partition coefficient (Wildman–Crippen LogP) is 3.53. The largest absolute Gasteiger partial charge is 0.347 e. The summed E-state index contributed by atoms with van der Waals surface area (Å²) >= 11 is 5.44. The second-order valence-electron chi connectivity index (χ2n) is 5.26. The molecule has 0 bridgehead atoms. The van der Waals surface area contributed by atoms with Crippen LogP contribution in [0.1, 0.15) is 55.6 Å². The first kappa shape index (κ1) is 10.5. The van der Waals surface area contributed by atoms with Gasteiger partial charge in [-0.1, -0.05) is 25.6 Å². The lowest BCUT2D eigenvalue weighted by atomic mass is 10.1. The second-order valence-corrected chi connectivity index (χ2v) is 5.65. The van der Waals surface area contributed by atoms with E-state index in [9.17, 15) is 0 Å². The van der Waals surface area contributed by atoms with E-state index in [4.69, 9.17) is 12.2 Å². The predicted molar refractivity (Wildman–Crippen MR) is 67.2 cm³/mol. The number of fused-ring (bicyclic) bond motifs is 1. The van der Waals surface area contributed by atoms with E-state index in [0.717, 1.165) is 29.2 Å². The fourth-order valence-corrected chi connectivity index (χ4v) is 3.02. The van der Waals surface area contributed by atoms with Crippen molar-refractivity contribution < 1.29 is 0 Å². The summed E-state index contributed by atoms with van der Waals surface area (Å²) in [6.45, 7) is 2.29. The van der Waals surface area contributed by atoms with Crippen molar-refractivity contribution in [2.24, 2.45) is 5.92 Å². The lowest BCUT2D eigenvalue weighted by molar-refractivity contribution is 0.707. The van der Waals surface area contributed by atoms with Crippen LogP contribution in [0.15, 0.2) is 0 Å². The summed E-state index contributed by atoms with van der Waals surface area (Å²) in [4.78, 5) is 8.16. The average Bonchev–Trinajstić information content (AvgIpc) is 3.00. The first-order valence-electron chi connectivity index (χ1n) is 6.37. The van der Waals surface area contributed by atoms with Crippen LogP contribution in [-0.2, 0) is 12.8 Å². The highest BCUT2D eigenvalue weighted by Crippen LogP contribution is 2.45. The summed E-state index contributed by atoms with van der Waals surface area (Å²) in [6.07, 6.45) is 7.45. The highest BCUT2D eigenvalue weighted by Gasteiger charge is 2.36. The van der Waals surface area contributed by atoms with Gasteiger partial charge in [-0.2, -0.15) is 0 Å². The topological polar surface area (TPSA) is 28.7 Å². The third-order valence-electron chi connectivity index (χ3n) is 3.94. The molecule has 0 aliphatic heterocycles.